The molecule has 0 aliphatic carbocycles. The van der Waals surface area contributed by atoms with Gasteiger partial charge in [0.25, 0.3) is 0 Å². The third kappa shape index (κ3) is 5.41. The van der Waals surface area contributed by atoms with Crippen molar-refractivity contribution in [3.8, 4) is 5.75 Å². The van der Waals surface area contributed by atoms with Crippen LogP contribution in [-0.4, -0.2) is 24.3 Å². The van der Waals surface area contributed by atoms with Gasteiger partial charge >= 0.3 is 18.3 Å². The largest absolute Gasteiger partial charge is 0.481 e. The van der Waals surface area contributed by atoms with Crippen LogP contribution in [0.2, 0.25) is 0 Å². The molecule has 1 N–H and O–H groups in total. The Balaban J connectivity index is 2.14. The van der Waals surface area contributed by atoms with Gasteiger partial charge in [0.1, 0.15) is 11.7 Å². The lowest BCUT2D eigenvalue weighted by Gasteiger charge is -2.19. The molecule has 9 heteroatoms. The van der Waals surface area contributed by atoms with Crippen LogP contribution in [0.4, 0.5) is 22.0 Å². The predicted octanol–water partition coefficient (Wildman–Crippen LogP) is 5.04. The Morgan fingerprint density at radius 1 is 0.964 bits per heavy atom. The molecule has 0 aliphatic rings. The monoisotopic (exact) mass is 404 g/mol. The number of hydrogen-bond acceptors (Lipinski definition) is 3. The summed E-state index contributed by atoms with van der Waals surface area (Å²) in [6.07, 6.45) is -8.50. The van der Waals surface area contributed by atoms with Crippen LogP contribution in [0.5, 0.6) is 5.75 Å². The molecule has 0 saturated heterocycles. The zero-order valence-corrected chi connectivity index (χ0v) is 14.7. The van der Waals surface area contributed by atoms with E-state index in [1.54, 1.807) is 6.92 Å². The van der Waals surface area contributed by atoms with Gasteiger partial charge in [-0.05, 0) is 48.9 Å². The highest BCUT2D eigenvalue weighted by molar-refractivity contribution is 5.76. The summed E-state index contributed by atoms with van der Waals surface area (Å²) in [5.41, 5.74) is -1.46. The van der Waals surface area contributed by atoms with Crippen LogP contribution in [0.25, 0.3) is 0 Å². The van der Waals surface area contributed by atoms with Crippen molar-refractivity contribution in [1.82, 2.24) is 0 Å². The number of benzene rings is 2. The van der Waals surface area contributed by atoms with Gasteiger partial charge in [0.2, 0.25) is 0 Å². The SMILES string of the molecule is CCOCC(C(=O)O)c1ccc(OC(F)(F)c2ccc(C(F)(F)F)cc2)cc1. The second-order valence-corrected chi connectivity index (χ2v) is 5.81. The van der Waals surface area contributed by atoms with Gasteiger partial charge in [0, 0.05) is 6.61 Å². The smallest absolute Gasteiger partial charge is 0.426 e. The number of halogens is 5. The molecule has 28 heavy (non-hydrogen) atoms. The Morgan fingerprint density at radius 2 is 1.50 bits per heavy atom. The number of ether oxygens (including phenoxy) is 2. The third-order valence-electron chi connectivity index (χ3n) is 3.86. The van der Waals surface area contributed by atoms with Crippen LogP contribution < -0.4 is 4.74 Å². The highest BCUT2D eigenvalue weighted by Gasteiger charge is 2.36. The molecule has 152 valence electrons. The van der Waals surface area contributed by atoms with Crippen molar-refractivity contribution < 1.29 is 41.3 Å². The van der Waals surface area contributed by atoms with Crippen molar-refractivity contribution >= 4 is 5.97 Å². The maximum Gasteiger partial charge on any atom is 0.426 e. The first-order valence-corrected chi connectivity index (χ1v) is 8.19. The van der Waals surface area contributed by atoms with Gasteiger partial charge in [-0.1, -0.05) is 12.1 Å². The first kappa shape index (κ1) is 21.6. The number of hydrogen-bond donors (Lipinski definition) is 1. The predicted molar refractivity (Wildman–Crippen MR) is 89.3 cm³/mol. The third-order valence-corrected chi connectivity index (χ3v) is 3.86. The lowest BCUT2D eigenvalue weighted by atomic mass is 10.0. The number of carboxylic acid groups (broad SMARTS) is 1. The summed E-state index contributed by atoms with van der Waals surface area (Å²) in [5.74, 6) is -2.36. The van der Waals surface area contributed by atoms with Gasteiger partial charge in [0.15, 0.2) is 0 Å². The molecule has 0 radical (unpaired) electrons. The Bertz CT molecular complexity index is 785. The second-order valence-electron chi connectivity index (χ2n) is 5.81. The van der Waals surface area contributed by atoms with E-state index in [1.165, 1.54) is 12.1 Å². The minimum absolute atomic E-state index is 0.0756. The van der Waals surface area contributed by atoms with E-state index in [1.807, 2.05) is 0 Å². The fraction of sp³-hybridized carbons (Fsp3) is 0.316. The van der Waals surface area contributed by atoms with Gasteiger partial charge in [-0.3, -0.25) is 4.79 Å². The van der Waals surface area contributed by atoms with E-state index >= 15 is 0 Å². The first-order chi connectivity index (χ1) is 13.0. The van der Waals surface area contributed by atoms with Gasteiger partial charge in [-0.2, -0.15) is 22.0 Å². The number of carbonyl (C=O) groups is 1. The number of alkyl halides is 5. The zero-order chi connectivity index (χ0) is 20.9. The summed E-state index contributed by atoms with van der Waals surface area (Å²) < 4.78 is 75.7. The van der Waals surface area contributed by atoms with Crippen LogP contribution in [0.1, 0.15) is 29.5 Å². The fourth-order valence-electron chi connectivity index (χ4n) is 2.37. The van der Waals surface area contributed by atoms with Crippen molar-refractivity contribution in [1.29, 1.82) is 0 Å². The minimum Gasteiger partial charge on any atom is -0.481 e. The molecule has 0 aromatic heterocycles. The topological polar surface area (TPSA) is 55.8 Å². The van der Waals surface area contributed by atoms with Crippen LogP contribution >= 0.6 is 0 Å². The number of carboxylic acids is 1. The molecule has 0 saturated carbocycles. The zero-order valence-electron chi connectivity index (χ0n) is 14.7. The average molecular weight is 404 g/mol. The summed E-state index contributed by atoms with van der Waals surface area (Å²) in [6.45, 7) is 1.96. The van der Waals surface area contributed by atoms with Crippen LogP contribution in [0, 0.1) is 0 Å². The standard InChI is InChI=1S/C19H17F5O4/c1-2-27-11-16(17(25)26)12-3-9-15(10-4-12)28-19(23,24)14-7-5-13(6-8-14)18(20,21)22/h3-10,16H,2,11H2,1H3,(H,25,26). The summed E-state index contributed by atoms with van der Waals surface area (Å²) in [7, 11) is 0. The van der Waals surface area contributed by atoms with E-state index in [9.17, 15) is 31.9 Å². The average Bonchev–Trinajstić information content (AvgIpc) is 2.62. The van der Waals surface area contributed by atoms with Crippen molar-refractivity contribution in [2.45, 2.75) is 25.1 Å². The molecular weight excluding hydrogens is 387 g/mol. The van der Waals surface area contributed by atoms with Crippen molar-refractivity contribution in [2.75, 3.05) is 13.2 Å². The normalized spacial score (nSPS) is 13.2. The molecule has 0 aliphatic heterocycles. The maximum absolute atomic E-state index is 14.2. The summed E-state index contributed by atoms with van der Waals surface area (Å²) >= 11 is 0. The summed E-state index contributed by atoms with van der Waals surface area (Å²) in [5, 5.41) is 9.23. The molecule has 2 aromatic rings. The number of aliphatic carboxylic acids is 1. The second kappa shape index (κ2) is 8.55. The highest BCUT2D eigenvalue weighted by atomic mass is 19.4. The first-order valence-electron chi connectivity index (χ1n) is 8.19. The molecule has 4 nitrogen and oxygen atoms in total. The Morgan fingerprint density at radius 3 is 1.96 bits per heavy atom. The van der Waals surface area contributed by atoms with E-state index < -0.39 is 35.3 Å². The summed E-state index contributed by atoms with van der Waals surface area (Å²) in [4.78, 5) is 11.3. The highest BCUT2D eigenvalue weighted by Crippen LogP contribution is 2.35. The molecule has 0 bridgehead atoms. The summed E-state index contributed by atoms with van der Waals surface area (Å²) in [6, 6.07) is 7.32. The van der Waals surface area contributed by atoms with Crippen LogP contribution in [0.3, 0.4) is 0 Å². The molecule has 0 spiro atoms. The maximum atomic E-state index is 14.2. The lowest BCUT2D eigenvalue weighted by molar-refractivity contribution is -0.185. The van der Waals surface area contributed by atoms with E-state index in [0.717, 1.165) is 12.1 Å². The van der Waals surface area contributed by atoms with Crippen molar-refractivity contribution in [2.24, 2.45) is 0 Å². The Hall–Kier alpha value is -2.68. The van der Waals surface area contributed by atoms with Crippen molar-refractivity contribution in [3.63, 3.8) is 0 Å². The number of rotatable bonds is 8. The molecule has 0 fully saturated rings. The molecule has 0 heterocycles. The Kier molecular flexibility index (Phi) is 6.60. The fourth-order valence-corrected chi connectivity index (χ4v) is 2.37. The molecule has 2 rings (SSSR count). The van der Waals surface area contributed by atoms with E-state index in [-0.39, 0.29) is 12.4 Å². The quantitative estimate of drug-likeness (QED) is 0.627. The van der Waals surface area contributed by atoms with E-state index in [2.05, 4.69) is 4.74 Å². The molecule has 0 amide bonds. The van der Waals surface area contributed by atoms with Gasteiger partial charge in [-0.15, -0.1) is 0 Å². The van der Waals surface area contributed by atoms with Crippen LogP contribution in [-0.2, 0) is 21.8 Å². The minimum atomic E-state index is -4.63. The molecule has 1 atom stereocenters. The van der Waals surface area contributed by atoms with Crippen molar-refractivity contribution in [3.05, 3.63) is 65.2 Å². The molecular formula is C19H17F5O4. The van der Waals surface area contributed by atoms with Crippen LogP contribution in [0.15, 0.2) is 48.5 Å². The van der Waals surface area contributed by atoms with E-state index in [4.69, 9.17) is 4.74 Å². The van der Waals surface area contributed by atoms with Gasteiger partial charge in [0.05, 0.1) is 17.7 Å². The van der Waals surface area contributed by atoms with E-state index in [0.29, 0.717) is 36.4 Å². The Labute approximate surface area is 157 Å². The lowest BCUT2D eigenvalue weighted by Crippen LogP contribution is -2.22. The molecule has 1 unspecified atom stereocenters. The molecule has 2 aromatic carbocycles. The van der Waals surface area contributed by atoms with Gasteiger partial charge < -0.3 is 14.6 Å². The van der Waals surface area contributed by atoms with Gasteiger partial charge in [-0.25, -0.2) is 0 Å².